The second-order valence-electron chi connectivity index (χ2n) is 5.61. The first kappa shape index (κ1) is 13.0. The number of fused-ring (bicyclic) bond motifs is 1. The summed E-state index contributed by atoms with van der Waals surface area (Å²) in [6, 6.07) is 14.0. The number of methoxy groups -OCH3 is 1. The molecule has 1 N–H and O–H groups in total. The minimum absolute atomic E-state index is 0.342. The van der Waals surface area contributed by atoms with Crippen LogP contribution in [-0.2, 0) is 19.3 Å². The van der Waals surface area contributed by atoms with Gasteiger partial charge in [0, 0.05) is 0 Å². The average molecular weight is 268 g/mol. The topological polar surface area (TPSA) is 29.5 Å². The summed E-state index contributed by atoms with van der Waals surface area (Å²) in [5.41, 5.74) is 4.21. The number of rotatable bonds is 3. The Morgan fingerprint density at radius 3 is 2.65 bits per heavy atom. The Hall–Kier alpha value is -1.96. The van der Waals surface area contributed by atoms with Crippen LogP contribution in [0, 0.1) is 5.92 Å². The smallest absolute Gasteiger partial charge is 0.119 e. The van der Waals surface area contributed by atoms with Gasteiger partial charge in [-0.3, -0.25) is 0 Å². The first-order valence-electron chi connectivity index (χ1n) is 7.18. The zero-order valence-corrected chi connectivity index (χ0v) is 11.8. The number of ether oxygens (including phenoxy) is 1. The molecule has 0 fully saturated rings. The molecule has 0 saturated heterocycles. The van der Waals surface area contributed by atoms with Crippen LogP contribution in [0.15, 0.2) is 42.5 Å². The largest absolute Gasteiger partial charge is 0.508 e. The number of benzene rings is 2. The molecule has 2 aromatic carbocycles. The average Bonchev–Trinajstić information content (AvgIpc) is 2.49. The van der Waals surface area contributed by atoms with E-state index in [0.29, 0.717) is 11.7 Å². The van der Waals surface area contributed by atoms with E-state index in [0.717, 1.165) is 25.0 Å². The molecular weight excluding hydrogens is 248 g/mol. The zero-order chi connectivity index (χ0) is 13.9. The van der Waals surface area contributed by atoms with Gasteiger partial charge in [-0.05, 0) is 72.6 Å². The van der Waals surface area contributed by atoms with Crippen molar-refractivity contribution in [3.63, 3.8) is 0 Å². The summed E-state index contributed by atoms with van der Waals surface area (Å²) in [6.07, 6.45) is 4.59. The van der Waals surface area contributed by atoms with Gasteiger partial charge in [-0.2, -0.15) is 0 Å². The van der Waals surface area contributed by atoms with Crippen LogP contribution in [0.3, 0.4) is 0 Å². The molecule has 1 atom stereocenters. The molecule has 2 aromatic rings. The molecule has 2 nitrogen and oxygen atoms in total. The van der Waals surface area contributed by atoms with Crippen molar-refractivity contribution in [2.75, 3.05) is 7.11 Å². The maximum Gasteiger partial charge on any atom is 0.119 e. The molecule has 0 radical (unpaired) electrons. The van der Waals surface area contributed by atoms with Gasteiger partial charge in [-0.15, -0.1) is 0 Å². The van der Waals surface area contributed by atoms with Crippen LogP contribution < -0.4 is 4.74 Å². The highest BCUT2D eigenvalue weighted by Gasteiger charge is 2.19. The minimum atomic E-state index is 0.342. The fourth-order valence-electron chi connectivity index (χ4n) is 3.07. The highest BCUT2D eigenvalue weighted by molar-refractivity contribution is 5.37. The molecule has 0 amide bonds. The molecule has 0 spiro atoms. The molecular formula is C18H20O2. The molecule has 2 heteroatoms. The van der Waals surface area contributed by atoms with Crippen LogP contribution in [0.4, 0.5) is 0 Å². The van der Waals surface area contributed by atoms with Crippen molar-refractivity contribution < 1.29 is 9.84 Å². The minimum Gasteiger partial charge on any atom is -0.508 e. The van der Waals surface area contributed by atoms with Crippen LogP contribution in [0.5, 0.6) is 11.5 Å². The molecule has 1 aliphatic carbocycles. The van der Waals surface area contributed by atoms with E-state index in [1.165, 1.54) is 23.1 Å². The summed E-state index contributed by atoms with van der Waals surface area (Å²) in [7, 11) is 1.72. The Morgan fingerprint density at radius 1 is 1.10 bits per heavy atom. The van der Waals surface area contributed by atoms with Crippen LogP contribution in [0.2, 0.25) is 0 Å². The van der Waals surface area contributed by atoms with Crippen LogP contribution in [-0.4, -0.2) is 12.2 Å². The maximum absolute atomic E-state index is 9.33. The van der Waals surface area contributed by atoms with E-state index in [-0.39, 0.29) is 0 Å². The highest BCUT2D eigenvalue weighted by atomic mass is 16.5. The first-order chi connectivity index (χ1) is 9.74. The summed E-state index contributed by atoms with van der Waals surface area (Å²) < 4.78 is 5.29. The predicted octanol–water partition coefficient (Wildman–Crippen LogP) is 3.75. The Kier molecular flexibility index (Phi) is 3.64. The molecule has 0 unspecified atom stereocenters. The van der Waals surface area contributed by atoms with Crippen LogP contribution in [0.25, 0.3) is 0 Å². The Morgan fingerprint density at radius 2 is 1.90 bits per heavy atom. The lowest BCUT2D eigenvalue weighted by Gasteiger charge is -2.25. The van der Waals surface area contributed by atoms with E-state index in [2.05, 4.69) is 18.2 Å². The summed E-state index contributed by atoms with van der Waals surface area (Å²) in [5.74, 6) is 2.00. The third kappa shape index (κ3) is 2.79. The van der Waals surface area contributed by atoms with E-state index in [1.807, 2.05) is 12.1 Å². The number of phenolic OH excluding ortho intramolecular Hbond substituents is 1. The first-order valence-corrected chi connectivity index (χ1v) is 7.18. The normalized spacial score (nSPS) is 17.6. The zero-order valence-electron chi connectivity index (χ0n) is 11.8. The maximum atomic E-state index is 9.33. The van der Waals surface area contributed by atoms with E-state index < -0.39 is 0 Å². The lowest BCUT2D eigenvalue weighted by atomic mass is 9.81. The number of hydrogen-bond donors (Lipinski definition) is 1. The molecule has 0 aromatic heterocycles. The van der Waals surface area contributed by atoms with Crippen molar-refractivity contribution >= 4 is 0 Å². The summed E-state index contributed by atoms with van der Waals surface area (Å²) in [5, 5.41) is 9.33. The van der Waals surface area contributed by atoms with Gasteiger partial charge in [-0.25, -0.2) is 0 Å². The van der Waals surface area contributed by atoms with Gasteiger partial charge in [0.1, 0.15) is 11.5 Å². The van der Waals surface area contributed by atoms with E-state index >= 15 is 0 Å². The van der Waals surface area contributed by atoms with Gasteiger partial charge in [-0.1, -0.05) is 18.2 Å². The molecule has 0 saturated carbocycles. The number of phenols is 1. The quantitative estimate of drug-likeness (QED) is 0.918. The van der Waals surface area contributed by atoms with Gasteiger partial charge in [0.25, 0.3) is 0 Å². The van der Waals surface area contributed by atoms with Gasteiger partial charge >= 0.3 is 0 Å². The van der Waals surface area contributed by atoms with Gasteiger partial charge in [0.15, 0.2) is 0 Å². The fraction of sp³-hybridized carbons (Fsp3) is 0.333. The van der Waals surface area contributed by atoms with E-state index in [1.54, 1.807) is 19.2 Å². The monoisotopic (exact) mass is 268 g/mol. The lowest BCUT2D eigenvalue weighted by molar-refractivity contribution is 0.410. The standard InChI is InChI=1S/C18H20O2/c1-20-18-9-6-15-11-14(2-5-16(15)12-18)10-13-3-7-17(19)8-4-13/h3-4,6-9,12,14,19H,2,5,10-11H2,1H3/t14-/m0/s1. The van der Waals surface area contributed by atoms with Gasteiger partial charge in [0.2, 0.25) is 0 Å². The molecule has 20 heavy (non-hydrogen) atoms. The second-order valence-corrected chi connectivity index (χ2v) is 5.61. The Bertz CT molecular complexity index is 587. The van der Waals surface area contributed by atoms with Crippen molar-refractivity contribution in [1.29, 1.82) is 0 Å². The van der Waals surface area contributed by atoms with E-state index in [9.17, 15) is 5.11 Å². The van der Waals surface area contributed by atoms with Crippen molar-refractivity contribution in [2.24, 2.45) is 5.92 Å². The Labute approximate surface area is 120 Å². The summed E-state index contributed by atoms with van der Waals surface area (Å²) >= 11 is 0. The Balaban J connectivity index is 1.70. The van der Waals surface area contributed by atoms with Crippen molar-refractivity contribution in [1.82, 2.24) is 0 Å². The third-order valence-electron chi connectivity index (χ3n) is 4.20. The van der Waals surface area contributed by atoms with Gasteiger partial charge < -0.3 is 9.84 Å². The highest BCUT2D eigenvalue weighted by Crippen LogP contribution is 2.30. The summed E-state index contributed by atoms with van der Waals surface area (Å²) in [6.45, 7) is 0. The number of hydrogen-bond acceptors (Lipinski definition) is 2. The molecule has 0 heterocycles. The lowest BCUT2D eigenvalue weighted by Crippen LogP contribution is -2.16. The van der Waals surface area contributed by atoms with Crippen LogP contribution in [0.1, 0.15) is 23.1 Å². The number of aryl methyl sites for hydroxylation is 1. The number of aromatic hydroxyl groups is 1. The van der Waals surface area contributed by atoms with Gasteiger partial charge in [0.05, 0.1) is 7.11 Å². The molecule has 3 rings (SSSR count). The molecule has 1 aliphatic rings. The van der Waals surface area contributed by atoms with E-state index in [4.69, 9.17) is 4.74 Å². The SMILES string of the molecule is COc1ccc2c(c1)CC[C@@H](Cc1ccc(O)cc1)C2. The third-order valence-corrected chi connectivity index (χ3v) is 4.20. The van der Waals surface area contributed by atoms with Crippen LogP contribution >= 0.6 is 0 Å². The second kappa shape index (κ2) is 5.58. The molecule has 0 bridgehead atoms. The van der Waals surface area contributed by atoms with Crippen molar-refractivity contribution in [2.45, 2.75) is 25.7 Å². The fourth-order valence-corrected chi connectivity index (χ4v) is 3.07. The molecule has 0 aliphatic heterocycles. The predicted molar refractivity (Wildman–Crippen MR) is 80.3 cm³/mol. The molecule has 104 valence electrons. The van der Waals surface area contributed by atoms with Crippen molar-refractivity contribution in [3.8, 4) is 11.5 Å². The van der Waals surface area contributed by atoms with Crippen molar-refractivity contribution in [3.05, 3.63) is 59.2 Å². The summed E-state index contributed by atoms with van der Waals surface area (Å²) in [4.78, 5) is 0.